The lowest BCUT2D eigenvalue weighted by Crippen LogP contribution is -2.41. The summed E-state index contributed by atoms with van der Waals surface area (Å²) < 4.78 is 24.7. The molecule has 0 aliphatic carbocycles. The van der Waals surface area contributed by atoms with Gasteiger partial charge in [0.25, 0.3) is 5.91 Å². The molecule has 2 rings (SSSR count). The van der Waals surface area contributed by atoms with Crippen LogP contribution in [0.1, 0.15) is 16.1 Å². The van der Waals surface area contributed by atoms with Crippen LogP contribution < -0.4 is 0 Å². The second-order valence-corrected chi connectivity index (χ2v) is 9.88. The van der Waals surface area contributed by atoms with Gasteiger partial charge in [-0.15, -0.1) is 17.8 Å². The van der Waals surface area contributed by atoms with Crippen molar-refractivity contribution in [2.24, 2.45) is 0 Å². The molecule has 1 unspecified atom stereocenters. The molecule has 0 spiro atoms. The minimum Gasteiger partial charge on any atom is -0.323 e. The van der Waals surface area contributed by atoms with Crippen LogP contribution in [0.25, 0.3) is 0 Å². The molecule has 1 saturated heterocycles. The lowest BCUT2D eigenvalue weighted by molar-refractivity contribution is 0.0729. The minimum absolute atomic E-state index is 0.00582. The van der Waals surface area contributed by atoms with Crippen LogP contribution in [-0.4, -0.2) is 43.3 Å². The number of nitrogens with zero attached hydrogens (tertiary/aromatic N) is 1. The number of terminal acetylenes is 1. The first-order valence-electron chi connectivity index (χ1n) is 5.74. The van der Waals surface area contributed by atoms with E-state index in [4.69, 9.17) is 6.42 Å². The summed E-state index contributed by atoms with van der Waals surface area (Å²) in [5, 5.41) is 0. The van der Waals surface area contributed by atoms with Crippen LogP contribution in [-0.2, 0) is 9.84 Å². The Labute approximate surface area is 138 Å². The highest BCUT2D eigenvalue weighted by Gasteiger charge is 2.35. The van der Waals surface area contributed by atoms with Crippen LogP contribution in [0.3, 0.4) is 0 Å². The Morgan fingerprint density at radius 2 is 2.25 bits per heavy atom. The molecule has 1 aliphatic heterocycles. The molecule has 0 N–H and O–H groups in total. The summed E-state index contributed by atoms with van der Waals surface area (Å²) >= 11 is 7.97. The SMILES string of the molecule is C#CCN(C(=O)c1cc(Br)c(Br)s1)C1CCS(=O)(=O)C1. The fraction of sp³-hybridized carbons (Fsp3) is 0.417. The summed E-state index contributed by atoms with van der Waals surface area (Å²) in [6.07, 6.45) is 5.76. The van der Waals surface area contributed by atoms with Crippen LogP contribution in [0.2, 0.25) is 0 Å². The first-order chi connectivity index (χ1) is 9.34. The Morgan fingerprint density at radius 3 is 2.70 bits per heavy atom. The van der Waals surface area contributed by atoms with Crippen LogP contribution >= 0.6 is 43.2 Å². The van der Waals surface area contributed by atoms with Crippen LogP contribution in [0.15, 0.2) is 14.3 Å². The molecule has 20 heavy (non-hydrogen) atoms. The average molecular weight is 441 g/mol. The maximum absolute atomic E-state index is 12.5. The van der Waals surface area contributed by atoms with Crippen LogP contribution in [0.4, 0.5) is 0 Å². The molecule has 1 aromatic heterocycles. The quantitative estimate of drug-likeness (QED) is 0.678. The smallest absolute Gasteiger partial charge is 0.265 e. The second kappa shape index (κ2) is 6.18. The minimum atomic E-state index is -3.06. The Kier molecular flexibility index (Phi) is 4.95. The van der Waals surface area contributed by atoms with Gasteiger partial charge in [0.15, 0.2) is 9.84 Å². The van der Waals surface area contributed by atoms with Gasteiger partial charge in [-0.05, 0) is 44.3 Å². The van der Waals surface area contributed by atoms with E-state index < -0.39 is 9.84 Å². The van der Waals surface area contributed by atoms with E-state index in [9.17, 15) is 13.2 Å². The third kappa shape index (κ3) is 3.45. The van der Waals surface area contributed by atoms with Gasteiger partial charge in [0, 0.05) is 10.5 Å². The van der Waals surface area contributed by atoms with Crippen molar-refractivity contribution in [1.29, 1.82) is 0 Å². The van der Waals surface area contributed by atoms with Crippen molar-refractivity contribution in [3.8, 4) is 12.3 Å². The van der Waals surface area contributed by atoms with Gasteiger partial charge in [-0.1, -0.05) is 5.92 Å². The third-order valence-electron chi connectivity index (χ3n) is 3.03. The summed E-state index contributed by atoms with van der Waals surface area (Å²) in [5.74, 6) is 2.32. The van der Waals surface area contributed by atoms with Crippen molar-refractivity contribution < 1.29 is 13.2 Å². The Hall–Kier alpha value is -0.360. The van der Waals surface area contributed by atoms with Gasteiger partial charge in [-0.3, -0.25) is 4.79 Å². The molecule has 1 atom stereocenters. The molecule has 1 amide bonds. The number of thiophene rings is 1. The summed E-state index contributed by atoms with van der Waals surface area (Å²) in [7, 11) is -3.06. The number of hydrogen-bond donors (Lipinski definition) is 0. The number of hydrogen-bond acceptors (Lipinski definition) is 4. The van der Waals surface area contributed by atoms with Crippen molar-refractivity contribution >= 4 is 58.9 Å². The lowest BCUT2D eigenvalue weighted by Gasteiger charge is -2.25. The average Bonchev–Trinajstić information content (AvgIpc) is 2.89. The molecule has 2 heterocycles. The third-order valence-corrected chi connectivity index (χ3v) is 8.02. The normalized spacial score (nSPS) is 20.6. The van der Waals surface area contributed by atoms with E-state index in [1.807, 2.05) is 0 Å². The summed E-state index contributed by atoms with van der Waals surface area (Å²) in [6.45, 7) is 0.117. The molecule has 1 aromatic rings. The number of carbonyl (C=O) groups is 1. The second-order valence-electron chi connectivity index (χ2n) is 4.43. The van der Waals surface area contributed by atoms with Crippen molar-refractivity contribution in [3.63, 3.8) is 0 Å². The molecule has 8 heteroatoms. The predicted octanol–water partition coefficient (Wildman–Crippen LogP) is 2.54. The van der Waals surface area contributed by atoms with Crippen molar-refractivity contribution in [1.82, 2.24) is 4.90 Å². The van der Waals surface area contributed by atoms with E-state index in [1.165, 1.54) is 16.2 Å². The van der Waals surface area contributed by atoms with Gasteiger partial charge in [0.05, 0.1) is 26.7 Å². The highest BCUT2D eigenvalue weighted by atomic mass is 79.9. The maximum Gasteiger partial charge on any atom is 0.265 e. The fourth-order valence-electron chi connectivity index (χ4n) is 2.08. The monoisotopic (exact) mass is 439 g/mol. The Balaban J connectivity index is 2.25. The van der Waals surface area contributed by atoms with Gasteiger partial charge >= 0.3 is 0 Å². The zero-order chi connectivity index (χ0) is 14.9. The molecular formula is C12H11Br2NO3S2. The zero-order valence-electron chi connectivity index (χ0n) is 10.3. The van der Waals surface area contributed by atoms with Crippen LogP contribution in [0.5, 0.6) is 0 Å². The predicted molar refractivity (Wildman–Crippen MR) is 86.6 cm³/mol. The van der Waals surface area contributed by atoms with Gasteiger partial charge in [0.2, 0.25) is 0 Å². The first kappa shape index (κ1) is 16.0. The summed E-state index contributed by atoms with van der Waals surface area (Å²) in [4.78, 5) is 14.5. The maximum atomic E-state index is 12.5. The summed E-state index contributed by atoms with van der Waals surface area (Å²) in [5.41, 5.74) is 0. The van der Waals surface area contributed by atoms with E-state index in [1.54, 1.807) is 6.07 Å². The molecule has 0 radical (unpaired) electrons. The Morgan fingerprint density at radius 1 is 1.55 bits per heavy atom. The summed E-state index contributed by atoms with van der Waals surface area (Å²) in [6, 6.07) is 1.38. The van der Waals surface area contributed by atoms with Gasteiger partial charge in [-0.2, -0.15) is 0 Å². The molecule has 0 bridgehead atoms. The van der Waals surface area contributed by atoms with Crippen LogP contribution in [0, 0.1) is 12.3 Å². The molecule has 4 nitrogen and oxygen atoms in total. The lowest BCUT2D eigenvalue weighted by atomic mass is 10.2. The standard InChI is InChI=1S/C12H11Br2NO3S2/c1-2-4-15(8-3-5-20(17,18)7-8)12(16)10-6-9(13)11(14)19-10/h1,6,8H,3-5,7H2. The van der Waals surface area contributed by atoms with Gasteiger partial charge < -0.3 is 4.90 Å². The number of sulfone groups is 1. The number of carbonyl (C=O) groups excluding carboxylic acids is 1. The number of halogens is 2. The molecule has 1 fully saturated rings. The number of rotatable bonds is 3. The van der Waals surface area contributed by atoms with E-state index in [2.05, 4.69) is 37.8 Å². The zero-order valence-corrected chi connectivity index (χ0v) is 15.1. The first-order valence-corrected chi connectivity index (χ1v) is 9.96. The van der Waals surface area contributed by atoms with Gasteiger partial charge in [0.1, 0.15) is 0 Å². The molecule has 108 valence electrons. The van der Waals surface area contributed by atoms with Crippen molar-refractivity contribution in [2.75, 3.05) is 18.1 Å². The molecule has 0 saturated carbocycles. The molecule has 0 aromatic carbocycles. The fourth-order valence-corrected chi connectivity index (χ4v) is 5.80. The van der Waals surface area contributed by atoms with E-state index in [0.717, 1.165) is 8.26 Å². The molecular weight excluding hydrogens is 430 g/mol. The van der Waals surface area contributed by atoms with Crippen molar-refractivity contribution in [2.45, 2.75) is 12.5 Å². The number of amides is 1. The van der Waals surface area contributed by atoms with E-state index >= 15 is 0 Å². The highest BCUT2D eigenvalue weighted by Crippen LogP contribution is 2.33. The Bertz CT molecular complexity index is 656. The van der Waals surface area contributed by atoms with E-state index in [0.29, 0.717) is 11.3 Å². The van der Waals surface area contributed by atoms with Gasteiger partial charge in [-0.25, -0.2) is 8.42 Å². The topological polar surface area (TPSA) is 54.5 Å². The molecule has 1 aliphatic rings. The highest BCUT2D eigenvalue weighted by molar-refractivity contribution is 9.13. The van der Waals surface area contributed by atoms with Crippen molar-refractivity contribution in [3.05, 3.63) is 19.2 Å². The largest absolute Gasteiger partial charge is 0.323 e. The van der Waals surface area contributed by atoms with E-state index in [-0.39, 0.29) is 30.0 Å².